The van der Waals surface area contributed by atoms with E-state index in [9.17, 15) is 9.59 Å². The summed E-state index contributed by atoms with van der Waals surface area (Å²) < 4.78 is 0. The molecule has 1 N–H and O–H groups in total. The maximum atomic E-state index is 12.9. The summed E-state index contributed by atoms with van der Waals surface area (Å²) >= 11 is 0. The van der Waals surface area contributed by atoms with Gasteiger partial charge >= 0.3 is 6.03 Å². The minimum absolute atomic E-state index is 0.0315. The Labute approximate surface area is 151 Å². The molecule has 1 fully saturated rings. The molecule has 1 aromatic rings. The summed E-state index contributed by atoms with van der Waals surface area (Å²) in [5, 5.41) is 3.00. The molecule has 0 spiro atoms. The number of hydrogen-bond donors (Lipinski definition) is 1. The van der Waals surface area contributed by atoms with Gasteiger partial charge in [0.05, 0.1) is 0 Å². The lowest BCUT2D eigenvalue weighted by molar-refractivity contribution is 0.0761. The molecule has 1 aliphatic heterocycles. The van der Waals surface area contributed by atoms with Gasteiger partial charge in [-0.1, -0.05) is 38.5 Å². The first-order chi connectivity index (χ1) is 11.7. The SMILES string of the molecule is Cc1ccc(C)c(C(=O)N2CCCN(C(=O)NCC(C)(C)C)CC2)c1. The molecule has 2 rings (SSSR count). The van der Waals surface area contributed by atoms with Crippen molar-refractivity contribution in [3.05, 3.63) is 34.9 Å². The molecule has 0 aromatic heterocycles. The second kappa shape index (κ2) is 7.89. The fraction of sp³-hybridized carbons (Fsp3) is 0.600. The average molecular weight is 345 g/mol. The second-order valence-corrected chi connectivity index (χ2v) is 8.17. The highest BCUT2D eigenvalue weighted by atomic mass is 16.2. The summed E-state index contributed by atoms with van der Waals surface area (Å²) in [7, 11) is 0. The van der Waals surface area contributed by atoms with Crippen LogP contribution in [0.3, 0.4) is 0 Å². The van der Waals surface area contributed by atoms with E-state index in [4.69, 9.17) is 0 Å². The van der Waals surface area contributed by atoms with Crippen LogP contribution >= 0.6 is 0 Å². The Hall–Kier alpha value is -2.04. The van der Waals surface area contributed by atoms with E-state index in [2.05, 4.69) is 26.1 Å². The number of aryl methyl sites for hydroxylation is 2. The fourth-order valence-electron chi connectivity index (χ4n) is 2.91. The molecule has 1 aliphatic rings. The van der Waals surface area contributed by atoms with Crippen LogP contribution in [-0.2, 0) is 0 Å². The lowest BCUT2D eigenvalue weighted by atomic mass is 9.97. The molecule has 0 aliphatic carbocycles. The summed E-state index contributed by atoms with van der Waals surface area (Å²) in [6, 6.07) is 5.94. The topological polar surface area (TPSA) is 52.7 Å². The van der Waals surface area contributed by atoms with Crippen LogP contribution in [0.2, 0.25) is 0 Å². The van der Waals surface area contributed by atoms with Gasteiger partial charge in [0.15, 0.2) is 0 Å². The van der Waals surface area contributed by atoms with Crippen molar-refractivity contribution >= 4 is 11.9 Å². The average Bonchev–Trinajstić information content (AvgIpc) is 2.79. The number of nitrogens with zero attached hydrogens (tertiary/aromatic N) is 2. The molecule has 5 heteroatoms. The Balaban J connectivity index is 1.98. The van der Waals surface area contributed by atoms with Crippen LogP contribution < -0.4 is 5.32 Å². The maximum Gasteiger partial charge on any atom is 0.317 e. The second-order valence-electron chi connectivity index (χ2n) is 8.17. The van der Waals surface area contributed by atoms with Gasteiger partial charge in [-0.3, -0.25) is 4.79 Å². The number of benzene rings is 1. The van der Waals surface area contributed by atoms with Gasteiger partial charge < -0.3 is 15.1 Å². The molecule has 0 radical (unpaired) electrons. The number of carbonyl (C=O) groups excluding carboxylic acids is 2. The minimum Gasteiger partial charge on any atom is -0.337 e. The van der Waals surface area contributed by atoms with Crippen molar-refractivity contribution in [2.45, 2.75) is 41.0 Å². The lowest BCUT2D eigenvalue weighted by Gasteiger charge is -2.25. The van der Waals surface area contributed by atoms with Gasteiger partial charge in [0.2, 0.25) is 0 Å². The molecule has 25 heavy (non-hydrogen) atoms. The summed E-state index contributed by atoms with van der Waals surface area (Å²) in [6.07, 6.45) is 0.805. The molecule has 1 heterocycles. The highest BCUT2D eigenvalue weighted by Crippen LogP contribution is 2.15. The van der Waals surface area contributed by atoms with E-state index in [1.165, 1.54) is 0 Å². The van der Waals surface area contributed by atoms with E-state index < -0.39 is 0 Å². The van der Waals surface area contributed by atoms with Crippen molar-refractivity contribution < 1.29 is 9.59 Å². The molecule has 1 saturated heterocycles. The third kappa shape index (κ3) is 5.48. The Kier molecular flexibility index (Phi) is 6.09. The maximum absolute atomic E-state index is 12.9. The first-order valence-electron chi connectivity index (χ1n) is 9.07. The summed E-state index contributed by atoms with van der Waals surface area (Å²) in [5.41, 5.74) is 2.92. The molecule has 0 atom stereocenters. The first kappa shape index (κ1) is 19.3. The molecular weight excluding hydrogens is 314 g/mol. The zero-order valence-electron chi connectivity index (χ0n) is 16.2. The third-order valence-electron chi connectivity index (χ3n) is 4.46. The predicted octanol–water partition coefficient (Wildman–Crippen LogP) is 3.21. The number of carbonyl (C=O) groups is 2. The van der Waals surface area contributed by atoms with Crippen LogP contribution in [0.1, 0.15) is 48.7 Å². The normalized spacial score (nSPS) is 15.7. The minimum atomic E-state index is -0.0315. The van der Waals surface area contributed by atoms with Crippen LogP contribution in [0.5, 0.6) is 0 Å². The van der Waals surface area contributed by atoms with Gasteiger partial charge in [-0.25, -0.2) is 4.79 Å². The van der Waals surface area contributed by atoms with Gasteiger partial charge in [-0.15, -0.1) is 0 Å². The summed E-state index contributed by atoms with van der Waals surface area (Å²) in [4.78, 5) is 28.9. The lowest BCUT2D eigenvalue weighted by Crippen LogP contribution is -2.44. The standard InChI is InChI=1S/C20H31N3O2/c1-15-7-8-16(2)17(13-15)18(24)22-9-6-10-23(12-11-22)19(25)21-14-20(3,4)5/h7-8,13H,6,9-12,14H2,1-5H3,(H,21,25). The van der Waals surface area contributed by atoms with Gasteiger partial charge in [-0.05, 0) is 37.3 Å². The van der Waals surface area contributed by atoms with Crippen LogP contribution in [0.25, 0.3) is 0 Å². The van der Waals surface area contributed by atoms with E-state index in [-0.39, 0.29) is 17.4 Å². The van der Waals surface area contributed by atoms with Crippen LogP contribution in [0.15, 0.2) is 18.2 Å². The van der Waals surface area contributed by atoms with E-state index in [1.54, 1.807) is 0 Å². The number of nitrogens with one attached hydrogen (secondary N) is 1. The largest absolute Gasteiger partial charge is 0.337 e. The van der Waals surface area contributed by atoms with Crippen molar-refractivity contribution in [2.24, 2.45) is 5.41 Å². The van der Waals surface area contributed by atoms with E-state index >= 15 is 0 Å². The van der Waals surface area contributed by atoms with Gasteiger partial charge in [0, 0.05) is 38.3 Å². The molecule has 0 saturated carbocycles. The highest BCUT2D eigenvalue weighted by molar-refractivity contribution is 5.96. The van der Waals surface area contributed by atoms with Gasteiger partial charge in [0.25, 0.3) is 5.91 Å². The Bertz CT molecular complexity index is 634. The number of amides is 3. The zero-order valence-corrected chi connectivity index (χ0v) is 16.2. The third-order valence-corrected chi connectivity index (χ3v) is 4.46. The van der Waals surface area contributed by atoms with Crippen molar-refractivity contribution in [1.82, 2.24) is 15.1 Å². The molecule has 1 aromatic carbocycles. The Morgan fingerprint density at radius 3 is 2.36 bits per heavy atom. The van der Waals surface area contributed by atoms with Crippen molar-refractivity contribution in [3.63, 3.8) is 0 Å². The zero-order chi connectivity index (χ0) is 18.6. The summed E-state index contributed by atoms with van der Waals surface area (Å²) in [5.74, 6) is 0.0677. The Morgan fingerprint density at radius 2 is 1.68 bits per heavy atom. The molecule has 138 valence electrons. The molecule has 0 bridgehead atoms. The number of rotatable bonds is 2. The monoisotopic (exact) mass is 345 g/mol. The first-order valence-corrected chi connectivity index (χ1v) is 9.07. The quantitative estimate of drug-likeness (QED) is 0.895. The van der Waals surface area contributed by atoms with Crippen LogP contribution in [0, 0.1) is 19.3 Å². The van der Waals surface area contributed by atoms with Crippen LogP contribution in [0.4, 0.5) is 4.79 Å². The molecular formula is C20H31N3O2. The molecule has 0 unspecified atom stereocenters. The number of urea groups is 1. The van der Waals surface area contributed by atoms with E-state index in [0.29, 0.717) is 32.7 Å². The smallest absolute Gasteiger partial charge is 0.317 e. The predicted molar refractivity (Wildman–Crippen MR) is 101 cm³/mol. The summed E-state index contributed by atoms with van der Waals surface area (Å²) in [6.45, 7) is 13.4. The van der Waals surface area contributed by atoms with Crippen molar-refractivity contribution in [2.75, 3.05) is 32.7 Å². The van der Waals surface area contributed by atoms with Crippen molar-refractivity contribution in [3.8, 4) is 0 Å². The van der Waals surface area contributed by atoms with E-state index in [1.807, 2.05) is 41.8 Å². The van der Waals surface area contributed by atoms with Gasteiger partial charge in [0.1, 0.15) is 0 Å². The Morgan fingerprint density at radius 1 is 1.04 bits per heavy atom. The number of hydrogen-bond acceptors (Lipinski definition) is 2. The van der Waals surface area contributed by atoms with Crippen molar-refractivity contribution in [1.29, 1.82) is 0 Å². The van der Waals surface area contributed by atoms with E-state index in [0.717, 1.165) is 23.1 Å². The fourth-order valence-corrected chi connectivity index (χ4v) is 2.91. The molecule has 5 nitrogen and oxygen atoms in total. The highest BCUT2D eigenvalue weighted by Gasteiger charge is 2.24. The van der Waals surface area contributed by atoms with Crippen LogP contribution in [-0.4, -0.2) is 54.5 Å². The van der Waals surface area contributed by atoms with Gasteiger partial charge in [-0.2, -0.15) is 0 Å². The molecule has 3 amide bonds.